The van der Waals surface area contributed by atoms with Gasteiger partial charge in [0.25, 0.3) is 0 Å². The zero-order chi connectivity index (χ0) is 50.3. The molecule has 2 aliphatic heterocycles. The highest BCUT2D eigenvalue weighted by Crippen LogP contribution is 2.60. The third-order valence-corrected chi connectivity index (χ3v) is 18.3. The number of fused-ring (bicyclic) bond motifs is 19. The van der Waals surface area contributed by atoms with E-state index in [1.54, 1.807) is 0 Å². The Balaban J connectivity index is 1.21. The normalized spacial score (nSPS) is 17.3. The van der Waals surface area contributed by atoms with Gasteiger partial charge in [0.05, 0.1) is 16.7 Å². The molecule has 0 fully saturated rings. The lowest BCUT2D eigenvalue weighted by molar-refractivity contribution is 0.332. The van der Waals surface area contributed by atoms with Crippen molar-refractivity contribution in [1.29, 1.82) is 0 Å². The van der Waals surface area contributed by atoms with Gasteiger partial charge in [-0.05, 0) is 162 Å². The van der Waals surface area contributed by atoms with Crippen LogP contribution in [0.2, 0.25) is 0 Å². The maximum atomic E-state index is 7.58. The Labute approximate surface area is 425 Å². The molecule has 0 bridgehead atoms. The molecule has 0 saturated carbocycles. The molecular formula is C67H67BN2O2. The third-order valence-electron chi connectivity index (χ3n) is 18.3. The van der Waals surface area contributed by atoms with E-state index >= 15 is 0 Å². The molecule has 0 atom stereocenters. The van der Waals surface area contributed by atoms with Gasteiger partial charge in [-0.2, -0.15) is 0 Å². The van der Waals surface area contributed by atoms with Crippen molar-refractivity contribution in [3.63, 3.8) is 0 Å². The van der Waals surface area contributed by atoms with Crippen LogP contribution in [0.25, 0.3) is 82.7 Å². The SMILES string of the molecule is CC(C)(C)c1ccc(N2B3c4oc5ccc(C(C)(C)C)cc5c4-n4c5ccc(C(C)(C)C)cc5c5c6c(c(c3c54)-c3cc4oc5cc7c(cc5c4cc32)C(C)(C)CCC7(C)C)-c2ccccc2C6(C)C)cc1. The van der Waals surface area contributed by atoms with E-state index in [-0.39, 0.29) is 39.3 Å². The van der Waals surface area contributed by atoms with Gasteiger partial charge in [0.1, 0.15) is 22.4 Å². The summed E-state index contributed by atoms with van der Waals surface area (Å²) in [5.41, 5.74) is 25.5. The van der Waals surface area contributed by atoms with E-state index < -0.39 is 0 Å². The van der Waals surface area contributed by atoms with Gasteiger partial charge >= 0.3 is 6.85 Å². The standard InChI is InChI=1S/C67H67BN2O2/c1-62(2,3)36-20-24-39(25-21-36)70-50-33-42-41-32-47-48(66(12,13)29-28-65(47,10)11)35-53(41)71-52(42)34-44(50)55-54-40-18-16-17-19-46(40)67(14,15)57(54)56-43-30-37(63(4,5)6)22-26-49(43)69-59-45-31-38(64(7,8)9)23-27-51(45)72-61(59)68(70)58(55)60(56)69/h16-27,30-35H,28-29H2,1-15H3. The summed E-state index contributed by atoms with van der Waals surface area (Å²) >= 11 is 0. The minimum absolute atomic E-state index is 0.00441. The van der Waals surface area contributed by atoms with Crippen LogP contribution in [0.3, 0.4) is 0 Å². The third kappa shape index (κ3) is 5.66. The molecule has 0 amide bonds. The molecule has 5 heteroatoms. The second-order valence-corrected chi connectivity index (χ2v) is 27.2. The fourth-order valence-corrected chi connectivity index (χ4v) is 14.0. The molecule has 3 aromatic heterocycles. The van der Waals surface area contributed by atoms with Gasteiger partial charge in [-0.1, -0.05) is 152 Å². The van der Waals surface area contributed by atoms with Gasteiger partial charge in [0.2, 0.25) is 0 Å². The molecule has 7 aromatic carbocycles. The monoisotopic (exact) mass is 943 g/mol. The quantitative estimate of drug-likeness (QED) is 0.154. The molecule has 72 heavy (non-hydrogen) atoms. The highest BCUT2D eigenvalue weighted by molar-refractivity contribution is 6.93. The van der Waals surface area contributed by atoms with Crippen molar-refractivity contribution in [3.05, 3.63) is 148 Å². The number of aromatic nitrogens is 1. The molecule has 0 saturated heterocycles. The lowest BCUT2D eigenvalue weighted by atomic mass is 9.45. The van der Waals surface area contributed by atoms with Gasteiger partial charge in [-0.15, -0.1) is 0 Å². The van der Waals surface area contributed by atoms with Crippen molar-refractivity contribution in [1.82, 2.24) is 4.57 Å². The van der Waals surface area contributed by atoms with E-state index in [1.807, 2.05) is 0 Å². The van der Waals surface area contributed by atoms with E-state index in [9.17, 15) is 0 Å². The van der Waals surface area contributed by atoms with Crippen molar-refractivity contribution in [2.75, 3.05) is 4.81 Å². The molecule has 0 spiro atoms. The summed E-state index contributed by atoms with van der Waals surface area (Å²) < 4.78 is 17.4. The number of rotatable bonds is 1. The number of hydrogen-bond donors (Lipinski definition) is 0. The molecule has 2 aliphatic carbocycles. The molecule has 0 unspecified atom stereocenters. The van der Waals surface area contributed by atoms with Crippen molar-refractivity contribution in [2.45, 2.75) is 149 Å². The molecule has 10 aromatic rings. The van der Waals surface area contributed by atoms with Gasteiger partial charge in [-0.3, -0.25) is 0 Å². The zero-order valence-electron chi connectivity index (χ0n) is 45.1. The fourth-order valence-electron chi connectivity index (χ4n) is 14.0. The minimum atomic E-state index is -0.298. The smallest absolute Gasteiger partial charge is 0.375 e. The zero-order valence-corrected chi connectivity index (χ0v) is 45.1. The Kier molecular flexibility index (Phi) is 8.35. The van der Waals surface area contributed by atoms with Crippen LogP contribution in [-0.4, -0.2) is 11.4 Å². The first-order valence-electron chi connectivity index (χ1n) is 26.7. The first-order valence-corrected chi connectivity index (χ1v) is 26.7. The van der Waals surface area contributed by atoms with Crippen LogP contribution in [0, 0.1) is 0 Å². The van der Waals surface area contributed by atoms with Crippen molar-refractivity contribution in [2.24, 2.45) is 0 Å². The summed E-state index contributed by atoms with van der Waals surface area (Å²) in [5, 5.41) is 6.17. The Hall–Kier alpha value is -6.46. The first kappa shape index (κ1) is 44.3. The Bertz CT molecular complexity index is 4070. The molecule has 0 N–H and O–H groups in total. The first-order chi connectivity index (χ1) is 33.8. The highest BCUT2D eigenvalue weighted by Gasteiger charge is 2.52. The highest BCUT2D eigenvalue weighted by atomic mass is 16.3. The number of nitrogens with zero attached hydrogens (tertiary/aromatic N) is 2. The second kappa shape index (κ2) is 13.6. The van der Waals surface area contributed by atoms with Crippen LogP contribution in [0.5, 0.6) is 0 Å². The Morgan fingerprint density at radius 2 is 1.11 bits per heavy atom. The lowest BCUT2D eigenvalue weighted by Gasteiger charge is -2.42. The van der Waals surface area contributed by atoms with Gasteiger partial charge < -0.3 is 18.2 Å². The Morgan fingerprint density at radius 3 is 1.79 bits per heavy atom. The second-order valence-electron chi connectivity index (χ2n) is 27.2. The molecule has 4 nitrogen and oxygen atoms in total. The van der Waals surface area contributed by atoms with Crippen LogP contribution in [0.1, 0.15) is 156 Å². The number of furan rings is 2. The summed E-state index contributed by atoms with van der Waals surface area (Å²) in [6, 6.07) is 42.8. The van der Waals surface area contributed by atoms with E-state index in [0.29, 0.717) is 0 Å². The summed E-state index contributed by atoms with van der Waals surface area (Å²) in [7, 11) is 0. The van der Waals surface area contributed by atoms with E-state index in [4.69, 9.17) is 8.83 Å². The van der Waals surface area contributed by atoms with Crippen LogP contribution in [0.15, 0.2) is 118 Å². The van der Waals surface area contributed by atoms with Crippen LogP contribution >= 0.6 is 0 Å². The average Bonchev–Trinajstić information content (AvgIpc) is 4.04. The average molecular weight is 943 g/mol. The summed E-state index contributed by atoms with van der Waals surface area (Å²) in [6.45, 7) is 35.3. The number of anilines is 2. The summed E-state index contributed by atoms with van der Waals surface area (Å²) in [4.78, 5) is 2.65. The summed E-state index contributed by atoms with van der Waals surface area (Å²) in [6.07, 6.45) is 2.31. The van der Waals surface area contributed by atoms with Gasteiger partial charge in [-0.25, -0.2) is 0 Å². The topological polar surface area (TPSA) is 34.5 Å². The number of hydrogen-bond acceptors (Lipinski definition) is 3. The van der Waals surface area contributed by atoms with Crippen molar-refractivity contribution < 1.29 is 8.83 Å². The maximum absolute atomic E-state index is 7.58. The predicted octanol–water partition coefficient (Wildman–Crippen LogP) is 17.2. The molecule has 4 aliphatic rings. The predicted molar refractivity (Wildman–Crippen MR) is 306 cm³/mol. The van der Waals surface area contributed by atoms with Crippen molar-refractivity contribution >= 4 is 84.1 Å². The summed E-state index contributed by atoms with van der Waals surface area (Å²) in [5.74, 6) is 0. The van der Waals surface area contributed by atoms with E-state index in [0.717, 1.165) is 57.4 Å². The molecule has 0 radical (unpaired) electrons. The maximum Gasteiger partial charge on any atom is 0.375 e. The molecule has 5 heterocycles. The lowest BCUT2D eigenvalue weighted by Crippen LogP contribution is -2.60. The van der Waals surface area contributed by atoms with Gasteiger partial charge in [0.15, 0.2) is 0 Å². The van der Waals surface area contributed by atoms with Gasteiger partial charge in [0, 0.05) is 49.3 Å². The number of benzene rings is 7. The largest absolute Gasteiger partial charge is 0.466 e. The van der Waals surface area contributed by atoms with E-state index in [1.165, 1.54) is 99.5 Å². The Morgan fingerprint density at radius 1 is 0.514 bits per heavy atom. The van der Waals surface area contributed by atoms with Crippen LogP contribution < -0.4 is 15.9 Å². The van der Waals surface area contributed by atoms with Crippen LogP contribution in [-0.2, 0) is 32.5 Å². The minimum Gasteiger partial charge on any atom is -0.466 e. The molecule has 14 rings (SSSR count). The fraction of sp³-hybridized carbons (Fsp3) is 0.343. The van der Waals surface area contributed by atoms with Crippen LogP contribution in [0.4, 0.5) is 11.4 Å². The molecule has 360 valence electrons. The van der Waals surface area contributed by atoms with Crippen molar-refractivity contribution in [3.8, 4) is 27.9 Å². The van der Waals surface area contributed by atoms with E-state index in [2.05, 4.69) is 222 Å². The molecular weight excluding hydrogens is 876 g/mol.